The number of phenols is 2. The molecule has 310 valence electrons. The molecule has 0 aromatic heterocycles. The van der Waals surface area contributed by atoms with Crippen molar-refractivity contribution in [1.82, 2.24) is 9.80 Å². The molecule has 1 saturated carbocycles. The fourth-order valence-electron chi connectivity index (χ4n) is 9.56. The largest absolute Gasteiger partial charge is 0.507 e. The van der Waals surface area contributed by atoms with Crippen LogP contribution < -0.4 is 4.74 Å². The molecule has 6 aliphatic rings. The molecule has 7 rings (SSSR count). The first-order chi connectivity index (χ1) is 27.0. The maximum atomic E-state index is 15.0. The summed E-state index contributed by atoms with van der Waals surface area (Å²) in [4.78, 5) is 47.3. The zero-order chi connectivity index (χ0) is 41.4. The number of allylic oxidation sites excluding steroid dienone is 7. The Morgan fingerprint density at radius 1 is 0.895 bits per heavy atom. The van der Waals surface area contributed by atoms with Gasteiger partial charge in [0.25, 0.3) is 0 Å². The van der Waals surface area contributed by atoms with Gasteiger partial charge in [0, 0.05) is 79.8 Å². The SMILES string of the molecule is CC(C)=CCC/C(C)=C/Cc1c(O)c(CC=C(C)C)c2c(c1O)C(=O)C1=CC3CC4C(C)(C)OC(C/C=C(/C)C(=O)OCCN5CCN(CCO)CC5)(C3=O)C14O2. The first kappa shape index (κ1) is 42.6. The molecule has 3 heterocycles. The van der Waals surface area contributed by atoms with Gasteiger partial charge in [-0.2, -0.15) is 0 Å². The smallest absolute Gasteiger partial charge is 0.333 e. The van der Waals surface area contributed by atoms with E-state index in [1.54, 1.807) is 19.1 Å². The van der Waals surface area contributed by atoms with E-state index in [4.69, 9.17) is 14.2 Å². The van der Waals surface area contributed by atoms with E-state index in [0.29, 0.717) is 30.6 Å². The van der Waals surface area contributed by atoms with Crippen molar-refractivity contribution in [2.24, 2.45) is 11.8 Å². The van der Waals surface area contributed by atoms with E-state index in [1.807, 2.05) is 46.8 Å². The van der Waals surface area contributed by atoms with Crippen LogP contribution in [0.5, 0.6) is 17.2 Å². The number of aliphatic hydroxyl groups is 1. The molecule has 3 N–H and O–H groups in total. The quantitative estimate of drug-likeness (QED) is 0.104. The molecule has 3 fully saturated rings. The Balaban J connectivity index is 1.33. The standard InChI is InChI=1S/C46H62N2O9/c1-28(2)10-9-11-30(5)13-15-33-38(50)34(14-12-29(3)4)41-37(39(33)51)40(52)35-26-32-27-36-44(7,8)57-45(42(32)53,46(35,36)56-41)17-16-31(6)43(54)55-25-23-48-20-18-47(19-21-48)22-24-49/h10,12-13,16,26,32,36,49-51H,9,11,14-15,17-25,27H2,1-8H3/b30-13+,31-16-. The van der Waals surface area contributed by atoms with E-state index in [-0.39, 0.29) is 72.2 Å². The summed E-state index contributed by atoms with van der Waals surface area (Å²) in [5, 5.41) is 33.0. The molecule has 11 nitrogen and oxygen atoms in total. The number of nitrogens with zero attached hydrogens (tertiary/aromatic N) is 2. The Morgan fingerprint density at radius 2 is 1.54 bits per heavy atom. The number of hydrogen-bond donors (Lipinski definition) is 3. The monoisotopic (exact) mass is 786 g/mol. The minimum Gasteiger partial charge on any atom is -0.507 e. The van der Waals surface area contributed by atoms with Crippen LogP contribution in [0.15, 0.2) is 58.2 Å². The molecule has 57 heavy (non-hydrogen) atoms. The number of rotatable bonds is 15. The number of β-amino-alcohol motifs (C(OH)–C–C–N with tert-alkyl or cyclic N) is 1. The molecule has 0 radical (unpaired) electrons. The summed E-state index contributed by atoms with van der Waals surface area (Å²) in [6, 6.07) is 0. The number of esters is 1. The highest BCUT2D eigenvalue weighted by Crippen LogP contribution is 2.68. The van der Waals surface area contributed by atoms with Gasteiger partial charge in [0.15, 0.2) is 22.8 Å². The van der Waals surface area contributed by atoms with Crippen molar-refractivity contribution in [2.75, 3.05) is 52.5 Å². The van der Waals surface area contributed by atoms with Gasteiger partial charge in [0.05, 0.1) is 12.2 Å². The molecule has 4 atom stereocenters. The highest BCUT2D eigenvalue weighted by atomic mass is 16.6. The van der Waals surface area contributed by atoms with Gasteiger partial charge in [-0.05, 0) is 87.5 Å². The van der Waals surface area contributed by atoms with Gasteiger partial charge in [0.1, 0.15) is 29.4 Å². The van der Waals surface area contributed by atoms with E-state index in [9.17, 15) is 29.7 Å². The maximum Gasteiger partial charge on any atom is 0.333 e. The summed E-state index contributed by atoms with van der Waals surface area (Å²) in [6.45, 7) is 20.4. The zero-order valence-electron chi connectivity index (χ0n) is 35.1. The van der Waals surface area contributed by atoms with Crippen LogP contribution in [0.1, 0.15) is 103 Å². The minimum absolute atomic E-state index is 0.00936. The molecule has 1 aromatic carbocycles. The van der Waals surface area contributed by atoms with Gasteiger partial charge in [-0.1, -0.05) is 47.1 Å². The summed E-state index contributed by atoms with van der Waals surface area (Å²) in [5.74, 6) is -2.59. The van der Waals surface area contributed by atoms with Crippen LogP contribution in [0.4, 0.5) is 0 Å². The number of carbonyl (C=O) groups excluding carboxylic acids is 3. The summed E-state index contributed by atoms with van der Waals surface area (Å²) >= 11 is 0. The maximum absolute atomic E-state index is 15.0. The summed E-state index contributed by atoms with van der Waals surface area (Å²) in [7, 11) is 0. The number of Topliss-reactive ketones (excluding diaryl/α,β-unsaturated/α-hetero) is 2. The molecule has 4 unspecified atom stereocenters. The highest BCUT2D eigenvalue weighted by Gasteiger charge is 2.81. The molecular formula is C46H62N2O9. The number of aromatic hydroxyl groups is 2. The Kier molecular flexibility index (Phi) is 12.5. The van der Waals surface area contributed by atoms with Gasteiger partial charge in [-0.15, -0.1) is 0 Å². The van der Waals surface area contributed by atoms with Crippen molar-refractivity contribution in [3.63, 3.8) is 0 Å². The second kappa shape index (κ2) is 16.7. The Bertz CT molecular complexity index is 1940. The Labute approximate surface area is 337 Å². The lowest BCUT2D eigenvalue weighted by Gasteiger charge is -2.56. The van der Waals surface area contributed by atoms with E-state index < -0.39 is 40.4 Å². The van der Waals surface area contributed by atoms with Crippen LogP contribution >= 0.6 is 0 Å². The van der Waals surface area contributed by atoms with Gasteiger partial charge < -0.3 is 29.5 Å². The first-order valence-electron chi connectivity index (χ1n) is 20.6. The number of piperazine rings is 1. The number of ether oxygens (including phenoxy) is 3. The third kappa shape index (κ3) is 7.80. The number of carbonyl (C=O) groups is 3. The average molecular weight is 787 g/mol. The van der Waals surface area contributed by atoms with Crippen LogP contribution in [-0.2, 0) is 31.9 Å². The Hall–Kier alpha value is -4.03. The normalized spacial score (nSPS) is 26.7. The summed E-state index contributed by atoms with van der Waals surface area (Å²) in [5.41, 5.74) is 0.432. The van der Waals surface area contributed by atoms with Gasteiger partial charge >= 0.3 is 5.97 Å². The molecule has 0 amide bonds. The van der Waals surface area contributed by atoms with Crippen LogP contribution in [0.2, 0.25) is 0 Å². The molecule has 3 aliphatic carbocycles. The Morgan fingerprint density at radius 3 is 2.19 bits per heavy atom. The lowest BCUT2D eigenvalue weighted by molar-refractivity contribution is -0.171. The number of aliphatic hydroxyl groups excluding tert-OH is 1. The second-order valence-corrected chi connectivity index (χ2v) is 17.6. The van der Waals surface area contributed by atoms with Crippen LogP contribution in [-0.4, -0.2) is 112 Å². The third-order valence-corrected chi connectivity index (χ3v) is 12.7. The van der Waals surface area contributed by atoms with Crippen LogP contribution in [0.25, 0.3) is 0 Å². The van der Waals surface area contributed by atoms with Crippen molar-refractivity contribution in [2.45, 2.75) is 111 Å². The van der Waals surface area contributed by atoms with E-state index in [2.05, 4.69) is 29.7 Å². The number of ketones is 2. The van der Waals surface area contributed by atoms with Crippen molar-refractivity contribution >= 4 is 17.5 Å². The predicted octanol–water partition coefficient (Wildman–Crippen LogP) is 6.34. The minimum atomic E-state index is -1.65. The second-order valence-electron chi connectivity index (χ2n) is 17.6. The molecule has 1 spiro atoms. The topological polar surface area (TPSA) is 146 Å². The van der Waals surface area contributed by atoms with Crippen molar-refractivity contribution in [3.8, 4) is 17.2 Å². The molecule has 4 bridgehead atoms. The lowest BCUT2D eigenvalue weighted by atomic mass is 9.51. The van der Waals surface area contributed by atoms with Gasteiger partial charge in [-0.3, -0.25) is 19.4 Å². The molecule has 11 heteroatoms. The van der Waals surface area contributed by atoms with Crippen LogP contribution in [0, 0.1) is 11.8 Å². The molecular weight excluding hydrogens is 725 g/mol. The number of phenolic OH excluding ortho intramolecular Hbond substituents is 2. The van der Waals surface area contributed by atoms with Crippen molar-refractivity contribution in [1.29, 1.82) is 0 Å². The van der Waals surface area contributed by atoms with Crippen molar-refractivity contribution in [3.05, 3.63) is 74.9 Å². The molecule has 3 aliphatic heterocycles. The highest BCUT2D eigenvalue weighted by molar-refractivity contribution is 6.18. The summed E-state index contributed by atoms with van der Waals surface area (Å²) < 4.78 is 19.6. The zero-order valence-corrected chi connectivity index (χ0v) is 35.1. The number of hydrogen-bond acceptors (Lipinski definition) is 11. The van der Waals surface area contributed by atoms with Gasteiger partial charge in [-0.25, -0.2) is 4.79 Å². The summed E-state index contributed by atoms with van der Waals surface area (Å²) in [6.07, 6.45) is 12.0. The van der Waals surface area contributed by atoms with Crippen molar-refractivity contribution < 1.29 is 43.9 Å². The first-order valence-corrected chi connectivity index (χ1v) is 20.6. The number of benzene rings is 1. The van der Waals surface area contributed by atoms with Gasteiger partial charge in [0.2, 0.25) is 0 Å². The third-order valence-electron chi connectivity index (χ3n) is 12.7. The average Bonchev–Trinajstić information content (AvgIpc) is 3.31. The lowest BCUT2D eigenvalue weighted by Crippen LogP contribution is -2.72. The molecule has 1 aromatic rings. The fourth-order valence-corrected chi connectivity index (χ4v) is 9.56. The molecule has 2 saturated heterocycles. The van der Waals surface area contributed by atoms with E-state index in [0.717, 1.165) is 50.2 Å². The number of fused-ring (bicyclic) bond motifs is 1. The van der Waals surface area contributed by atoms with Crippen LogP contribution in [0.3, 0.4) is 0 Å². The van der Waals surface area contributed by atoms with E-state index in [1.165, 1.54) is 5.57 Å². The van der Waals surface area contributed by atoms with E-state index >= 15 is 0 Å². The predicted molar refractivity (Wildman–Crippen MR) is 219 cm³/mol. The fraction of sp³-hybridized carbons (Fsp3) is 0.587.